The van der Waals surface area contributed by atoms with E-state index >= 15 is 0 Å². The van der Waals surface area contributed by atoms with Crippen LogP contribution >= 0.6 is 0 Å². The number of rotatable bonds is 3. The van der Waals surface area contributed by atoms with Crippen molar-refractivity contribution in [3.8, 4) is 12.3 Å². The molecule has 0 aromatic carbocycles. The van der Waals surface area contributed by atoms with Crippen LogP contribution in [0.15, 0.2) is 0 Å². The van der Waals surface area contributed by atoms with Gasteiger partial charge in [-0.05, 0) is 19.8 Å². The fraction of sp³-hybridized carbons (Fsp3) is 0.556. The maximum Gasteiger partial charge on any atom is 0.218 e. The van der Waals surface area contributed by atoms with E-state index in [0.29, 0.717) is 6.42 Å². The molecule has 2 nitrogen and oxygen atoms in total. The van der Waals surface area contributed by atoms with Crippen molar-refractivity contribution in [1.29, 1.82) is 0 Å². The molecule has 60 valence electrons. The minimum Gasteiger partial charge on any atom is -0.299 e. The molecule has 0 fully saturated rings. The molecule has 0 bridgehead atoms. The Morgan fingerprint density at radius 1 is 1.45 bits per heavy atom. The van der Waals surface area contributed by atoms with Crippen LogP contribution in [-0.4, -0.2) is 11.6 Å². The molecule has 0 unspecified atom stereocenters. The molecule has 2 heteroatoms. The van der Waals surface area contributed by atoms with Crippen molar-refractivity contribution in [2.45, 2.75) is 27.2 Å². The Bertz CT molecular complexity index is 218. The van der Waals surface area contributed by atoms with E-state index in [1.807, 2.05) is 5.92 Å². The lowest BCUT2D eigenvalue weighted by molar-refractivity contribution is -0.135. The maximum absolute atomic E-state index is 11.1. The van der Waals surface area contributed by atoms with Gasteiger partial charge in [-0.2, -0.15) is 0 Å². The Morgan fingerprint density at radius 2 is 1.91 bits per heavy atom. The van der Waals surface area contributed by atoms with Gasteiger partial charge in [-0.3, -0.25) is 9.59 Å². The van der Waals surface area contributed by atoms with Crippen molar-refractivity contribution < 1.29 is 9.59 Å². The zero-order valence-corrected chi connectivity index (χ0v) is 7.10. The molecule has 0 N–H and O–H groups in total. The van der Waals surface area contributed by atoms with Crippen molar-refractivity contribution in [3.05, 3.63) is 0 Å². The lowest BCUT2D eigenvalue weighted by atomic mass is 9.82. The van der Waals surface area contributed by atoms with Gasteiger partial charge in [0.25, 0.3) is 0 Å². The van der Waals surface area contributed by atoms with E-state index in [2.05, 4.69) is 0 Å². The number of ketones is 2. The van der Waals surface area contributed by atoms with Crippen molar-refractivity contribution in [1.82, 2.24) is 0 Å². The third-order valence-electron chi connectivity index (χ3n) is 1.72. The predicted octanol–water partition coefficient (Wildman–Crippen LogP) is 1.19. The van der Waals surface area contributed by atoms with Gasteiger partial charge >= 0.3 is 0 Å². The summed E-state index contributed by atoms with van der Waals surface area (Å²) in [6.45, 7) is 4.83. The van der Waals surface area contributed by atoms with E-state index in [-0.39, 0.29) is 5.78 Å². The Hall–Kier alpha value is -1.10. The van der Waals surface area contributed by atoms with Gasteiger partial charge in [0, 0.05) is 6.42 Å². The summed E-state index contributed by atoms with van der Waals surface area (Å²) in [6, 6.07) is 0. The van der Waals surface area contributed by atoms with Gasteiger partial charge in [0.05, 0.1) is 5.41 Å². The molecule has 0 saturated heterocycles. The van der Waals surface area contributed by atoms with Crippen molar-refractivity contribution >= 4 is 11.6 Å². The van der Waals surface area contributed by atoms with Gasteiger partial charge in [0.1, 0.15) is 5.78 Å². The lowest BCUT2D eigenvalue weighted by Crippen LogP contribution is -2.31. The molecule has 11 heavy (non-hydrogen) atoms. The van der Waals surface area contributed by atoms with Gasteiger partial charge in [-0.15, -0.1) is 6.42 Å². The van der Waals surface area contributed by atoms with Crippen LogP contribution in [0.4, 0.5) is 0 Å². The third kappa shape index (κ3) is 1.91. The minimum atomic E-state index is -0.997. The number of Topliss-reactive ketones (excluding diaryl/α,β-unsaturated/α-hetero) is 2. The second-order valence-corrected chi connectivity index (χ2v) is 2.88. The summed E-state index contributed by atoms with van der Waals surface area (Å²) in [5.74, 6) is 1.41. The van der Waals surface area contributed by atoms with E-state index in [9.17, 15) is 9.59 Å². The molecule has 0 amide bonds. The fourth-order valence-electron chi connectivity index (χ4n) is 0.749. The Labute approximate surface area is 67.0 Å². The number of carbonyl (C=O) groups excluding carboxylic acids is 2. The SMILES string of the molecule is C#CC(=O)C(C)(C)C(=O)CC. The monoisotopic (exact) mass is 152 g/mol. The third-order valence-corrected chi connectivity index (χ3v) is 1.72. The number of hydrogen-bond donors (Lipinski definition) is 0. The standard InChI is InChI=1S/C9H12O2/c1-5-7(10)9(3,4)8(11)6-2/h1H,6H2,2-4H3. The number of hydrogen-bond acceptors (Lipinski definition) is 2. The molecular weight excluding hydrogens is 140 g/mol. The first-order chi connectivity index (χ1) is 4.96. The Balaban J connectivity index is 4.61. The molecule has 0 aromatic rings. The van der Waals surface area contributed by atoms with E-state index < -0.39 is 11.2 Å². The second-order valence-electron chi connectivity index (χ2n) is 2.88. The summed E-state index contributed by atoms with van der Waals surface area (Å²) in [6.07, 6.45) is 5.25. The molecule has 0 aliphatic carbocycles. The smallest absolute Gasteiger partial charge is 0.218 e. The molecule has 0 atom stereocenters. The lowest BCUT2D eigenvalue weighted by Gasteiger charge is -2.16. The highest BCUT2D eigenvalue weighted by molar-refractivity contribution is 6.13. The fourth-order valence-corrected chi connectivity index (χ4v) is 0.749. The average molecular weight is 152 g/mol. The molecule has 0 aromatic heterocycles. The van der Waals surface area contributed by atoms with Crippen molar-refractivity contribution in [3.63, 3.8) is 0 Å². The first-order valence-corrected chi connectivity index (χ1v) is 3.51. The molecule has 0 saturated carbocycles. The molecule has 0 aliphatic heterocycles. The molecular formula is C9H12O2. The second kappa shape index (κ2) is 3.34. The van der Waals surface area contributed by atoms with Gasteiger partial charge in [0.2, 0.25) is 5.78 Å². The van der Waals surface area contributed by atoms with E-state index in [1.54, 1.807) is 20.8 Å². The van der Waals surface area contributed by atoms with E-state index in [1.165, 1.54) is 0 Å². The summed E-state index contributed by atoms with van der Waals surface area (Å²) in [4.78, 5) is 22.1. The van der Waals surface area contributed by atoms with E-state index in [4.69, 9.17) is 6.42 Å². The van der Waals surface area contributed by atoms with Gasteiger partial charge in [-0.1, -0.05) is 6.92 Å². The first kappa shape index (κ1) is 9.90. The predicted molar refractivity (Wildman–Crippen MR) is 42.9 cm³/mol. The molecule has 0 rings (SSSR count). The number of terminal acetylenes is 1. The number of carbonyl (C=O) groups is 2. The maximum atomic E-state index is 11.1. The summed E-state index contributed by atoms with van der Waals surface area (Å²) in [7, 11) is 0. The Kier molecular flexibility index (Phi) is 3.00. The zero-order chi connectivity index (χ0) is 9.07. The van der Waals surface area contributed by atoms with Gasteiger partial charge < -0.3 is 0 Å². The topological polar surface area (TPSA) is 34.1 Å². The quantitative estimate of drug-likeness (QED) is 0.346. The minimum absolute atomic E-state index is 0.111. The molecule has 0 radical (unpaired) electrons. The van der Waals surface area contributed by atoms with Crippen LogP contribution in [0.3, 0.4) is 0 Å². The summed E-state index contributed by atoms with van der Waals surface area (Å²) < 4.78 is 0. The van der Waals surface area contributed by atoms with Crippen LogP contribution in [0.2, 0.25) is 0 Å². The van der Waals surface area contributed by atoms with Crippen LogP contribution in [-0.2, 0) is 9.59 Å². The highest BCUT2D eigenvalue weighted by Crippen LogP contribution is 2.18. The highest BCUT2D eigenvalue weighted by Gasteiger charge is 2.32. The Morgan fingerprint density at radius 3 is 2.18 bits per heavy atom. The summed E-state index contributed by atoms with van der Waals surface area (Å²) in [5.41, 5.74) is -0.997. The van der Waals surface area contributed by atoms with Gasteiger partial charge in [-0.25, -0.2) is 0 Å². The molecule has 0 aliphatic rings. The van der Waals surface area contributed by atoms with Crippen LogP contribution in [0.25, 0.3) is 0 Å². The van der Waals surface area contributed by atoms with Gasteiger partial charge in [0.15, 0.2) is 0 Å². The zero-order valence-electron chi connectivity index (χ0n) is 7.10. The first-order valence-electron chi connectivity index (χ1n) is 3.51. The largest absolute Gasteiger partial charge is 0.299 e. The van der Waals surface area contributed by atoms with Crippen molar-refractivity contribution in [2.75, 3.05) is 0 Å². The van der Waals surface area contributed by atoms with E-state index in [0.717, 1.165) is 0 Å². The summed E-state index contributed by atoms with van der Waals surface area (Å²) >= 11 is 0. The molecule has 0 heterocycles. The van der Waals surface area contributed by atoms with Crippen LogP contribution < -0.4 is 0 Å². The average Bonchev–Trinajstić information content (AvgIpc) is 2.01. The van der Waals surface area contributed by atoms with Crippen LogP contribution in [0.5, 0.6) is 0 Å². The molecule has 0 spiro atoms. The van der Waals surface area contributed by atoms with Crippen molar-refractivity contribution in [2.24, 2.45) is 5.41 Å². The van der Waals surface area contributed by atoms with Crippen LogP contribution in [0, 0.1) is 17.8 Å². The normalized spacial score (nSPS) is 10.4. The summed E-state index contributed by atoms with van der Waals surface area (Å²) in [5, 5.41) is 0. The highest BCUT2D eigenvalue weighted by atomic mass is 16.2. The van der Waals surface area contributed by atoms with Crippen LogP contribution in [0.1, 0.15) is 27.2 Å².